The summed E-state index contributed by atoms with van der Waals surface area (Å²) < 4.78 is 45.1. The smallest absolute Gasteiger partial charge is 0.307 e. The Kier molecular flexibility index (Phi) is 10.6. The fraction of sp³-hybridized carbons (Fsp3) is 0.605. The predicted octanol–water partition coefficient (Wildman–Crippen LogP) is 5.14. The molecule has 2 saturated carbocycles. The number of allylic oxidation sites excluding steroid dienone is 1. The summed E-state index contributed by atoms with van der Waals surface area (Å²) >= 11 is 0. The largest absolute Gasteiger partial charge is 0.497 e. The molecule has 1 aromatic heterocycles. The number of fused-ring (bicyclic) bond motifs is 1. The molecule has 2 amide bonds. The molecular formula is C38H51N3O9S. The average molecular weight is 726 g/mol. The number of nitrogens with one attached hydrogen (secondary N) is 1. The van der Waals surface area contributed by atoms with Gasteiger partial charge in [0.25, 0.3) is 0 Å². The van der Waals surface area contributed by atoms with Gasteiger partial charge in [-0.1, -0.05) is 33.8 Å². The highest BCUT2D eigenvalue weighted by Gasteiger charge is 2.61. The number of carbonyl (C=O) groups is 4. The van der Waals surface area contributed by atoms with Crippen molar-refractivity contribution in [1.29, 1.82) is 0 Å². The Hall–Kier alpha value is -4.00. The van der Waals surface area contributed by atoms with Crippen LogP contribution >= 0.6 is 0 Å². The van der Waals surface area contributed by atoms with E-state index in [1.165, 1.54) is 4.90 Å². The van der Waals surface area contributed by atoms with Crippen molar-refractivity contribution in [2.75, 3.05) is 13.7 Å². The van der Waals surface area contributed by atoms with Crippen LogP contribution in [-0.2, 0) is 33.9 Å². The summed E-state index contributed by atoms with van der Waals surface area (Å²) in [6.45, 7) is 15.0. The molecule has 2 heterocycles. The van der Waals surface area contributed by atoms with Gasteiger partial charge < -0.3 is 19.1 Å². The van der Waals surface area contributed by atoms with Gasteiger partial charge in [0.1, 0.15) is 17.5 Å². The van der Waals surface area contributed by atoms with Crippen molar-refractivity contribution < 1.29 is 41.8 Å². The SMILES string of the molecule is C=C[C@@H]1C[C@]1(CC(=O)[C@@H]1CC(Oc2nccc3cc(OC)ccc23)CN1C(=O)[C@@H](CC(=O)OC(C)(C)CC)C(C)(C)C)C(=O)NS(=O)(=O)C1CC1. The molecule has 1 unspecified atom stereocenters. The standard InChI is InChI=1S/C38H51N3O9S/c1-9-24-20-38(24,35(45)40-51(46,47)27-12-13-27)21-31(42)30-18-26(49-33-28-14-11-25(48-8)17-23(28)15-16-39-33)22-41(30)34(44)29(36(3,4)5)19-32(43)50-37(6,7)10-2/h9,11,14-17,24,26-27,29-30H,1,10,12-13,18-22H2,2-8H3,(H,40,45)/t24-,26?,29-,30+,38-/m1/s1. The molecule has 1 aliphatic heterocycles. The number of carbonyl (C=O) groups excluding carboxylic acids is 4. The molecule has 5 rings (SSSR count). The van der Waals surface area contributed by atoms with E-state index in [4.69, 9.17) is 14.2 Å². The lowest BCUT2D eigenvalue weighted by Crippen LogP contribution is -2.49. The molecule has 2 aromatic rings. The number of amides is 2. The molecule has 278 valence electrons. The third kappa shape index (κ3) is 8.39. The van der Waals surface area contributed by atoms with Crippen LogP contribution in [0.3, 0.4) is 0 Å². The molecule has 1 aromatic carbocycles. The number of aromatic nitrogens is 1. The molecule has 1 N–H and O–H groups in total. The van der Waals surface area contributed by atoms with Crippen LogP contribution in [0.4, 0.5) is 0 Å². The van der Waals surface area contributed by atoms with E-state index in [1.807, 2.05) is 59.7 Å². The second-order valence-electron chi connectivity index (χ2n) is 15.9. The molecule has 5 atom stereocenters. The van der Waals surface area contributed by atoms with E-state index in [9.17, 15) is 27.6 Å². The zero-order valence-corrected chi connectivity index (χ0v) is 31.5. The molecule has 13 heteroatoms. The summed E-state index contributed by atoms with van der Waals surface area (Å²) in [5.41, 5.74) is -2.68. The first-order valence-corrected chi connectivity index (χ1v) is 19.2. The Morgan fingerprint density at radius 2 is 1.84 bits per heavy atom. The van der Waals surface area contributed by atoms with Crippen molar-refractivity contribution in [3.63, 3.8) is 0 Å². The predicted molar refractivity (Wildman–Crippen MR) is 191 cm³/mol. The van der Waals surface area contributed by atoms with Gasteiger partial charge in [-0.05, 0) is 80.5 Å². The van der Waals surface area contributed by atoms with E-state index in [-0.39, 0.29) is 32.2 Å². The molecular weight excluding hydrogens is 674 g/mol. The number of nitrogens with zero attached hydrogens (tertiary/aromatic N) is 2. The van der Waals surface area contributed by atoms with E-state index in [0.717, 1.165) is 10.8 Å². The number of pyridine rings is 1. The van der Waals surface area contributed by atoms with Crippen LogP contribution in [-0.4, -0.2) is 78.5 Å². The van der Waals surface area contributed by atoms with Gasteiger partial charge in [-0.3, -0.25) is 23.9 Å². The van der Waals surface area contributed by atoms with E-state index in [2.05, 4.69) is 16.3 Å². The van der Waals surface area contributed by atoms with Crippen LogP contribution in [0.1, 0.15) is 86.5 Å². The van der Waals surface area contributed by atoms with Crippen LogP contribution in [0.25, 0.3) is 10.8 Å². The number of ether oxygens (including phenoxy) is 3. The molecule has 0 radical (unpaired) electrons. The van der Waals surface area contributed by atoms with Gasteiger partial charge in [0.15, 0.2) is 5.78 Å². The van der Waals surface area contributed by atoms with Crippen LogP contribution < -0.4 is 14.2 Å². The molecule has 0 bridgehead atoms. The lowest BCUT2D eigenvalue weighted by atomic mass is 9.77. The van der Waals surface area contributed by atoms with Gasteiger partial charge in [0.05, 0.1) is 42.7 Å². The second-order valence-corrected chi connectivity index (χ2v) is 17.9. The van der Waals surface area contributed by atoms with Crippen molar-refractivity contribution in [2.24, 2.45) is 22.7 Å². The number of esters is 1. The lowest BCUT2D eigenvalue weighted by molar-refractivity contribution is -0.162. The number of sulfonamides is 1. The minimum atomic E-state index is -3.85. The van der Waals surface area contributed by atoms with Crippen molar-refractivity contribution in [3.05, 3.63) is 43.1 Å². The first kappa shape index (κ1) is 38.2. The fourth-order valence-electron chi connectivity index (χ4n) is 6.80. The number of methoxy groups -OCH3 is 1. The first-order valence-electron chi connectivity index (χ1n) is 17.7. The molecule has 12 nitrogen and oxygen atoms in total. The van der Waals surface area contributed by atoms with Crippen LogP contribution in [0.5, 0.6) is 11.6 Å². The molecule has 1 saturated heterocycles. The zero-order chi connectivity index (χ0) is 37.5. The minimum absolute atomic E-state index is 0.0334. The van der Waals surface area contributed by atoms with Gasteiger partial charge in [-0.25, -0.2) is 13.4 Å². The average Bonchev–Trinajstić information content (AvgIpc) is 3.99. The van der Waals surface area contributed by atoms with Gasteiger partial charge in [0, 0.05) is 24.4 Å². The maximum atomic E-state index is 14.6. The number of benzene rings is 1. The van der Waals surface area contributed by atoms with Gasteiger partial charge >= 0.3 is 5.97 Å². The zero-order valence-electron chi connectivity index (χ0n) is 30.7. The molecule has 2 aliphatic carbocycles. The van der Waals surface area contributed by atoms with Crippen LogP contribution in [0.2, 0.25) is 0 Å². The Bertz CT molecular complexity index is 1810. The Balaban J connectivity index is 1.44. The van der Waals surface area contributed by atoms with E-state index in [1.54, 1.807) is 25.4 Å². The number of ketones is 1. The van der Waals surface area contributed by atoms with Gasteiger partial charge in [-0.15, -0.1) is 6.58 Å². The molecule has 51 heavy (non-hydrogen) atoms. The summed E-state index contributed by atoms with van der Waals surface area (Å²) in [4.78, 5) is 61.6. The summed E-state index contributed by atoms with van der Waals surface area (Å²) in [6.07, 6.45) is 3.99. The summed E-state index contributed by atoms with van der Waals surface area (Å²) in [5, 5.41) is 0.945. The highest BCUT2D eigenvalue weighted by Crippen LogP contribution is 2.57. The van der Waals surface area contributed by atoms with E-state index >= 15 is 0 Å². The minimum Gasteiger partial charge on any atom is -0.497 e. The van der Waals surface area contributed by atoms with E-state index in [0.29, 0.717) is 30.9 Å². The maximum absolute atomic E-state index is 14.6. The Morgan fingerprint density at radius 1 is 1.14 bits per heavy atom. The molecule has 3 fully saturated rings. The van der Waals surface area contributed by atoms with Gasteiger partial charge in [0.2, 0.25) is 27.7 Å². The normalized spacial score (nSPS) is 24.1. The lowest BCUT2D eigenvalue weighted by Gasteiger charge is -2.35. The third-order valence-corrected chi connectivity index (χ3v) is 12.5. The number of Topliss-reactive ketones (excluding diaryl/α,β-unsaturated/α-hetero) is 1. The van der Waals surface area contributed by atoms with Crippen LogP contribution in [0.15, 0.2) is 43.1 Å². The fourth-order valence-corrected chi connectivity index (χ4v) is 8.18. The topological polar surface area (TPSA) is 158 Å². The van der Waals surface area contributed by atoms with Crippen molar-refractivity contribution >= 4 is 44.4 Å². The molecule has 3 aliphatic rings. The summed E-state index contributed by atoms with van der Waals surface area (Å²) in [7, 11) is -2.27. The number of likely N-dealkylation sites (tertiary alicyclic amines) is 1. The Morgan fingerprint density at radius 3 is 2.43 bits per heavy atom. The monoisotopic (exact) mass is 725 g/mol. The number of hydrogen-bond donors (Lipinski definition) is 1. The maximum Gasteiger partial charge on any atom is 0.307 e. The molecule has 0 spiro atoms. The summed E-state index contributed by atoms with van der Waals surface area (Å²) in [6, 6.07) is 6.30. The highest BCUT2D eigenvalue weighted by atomic mass is 32.2. The second kappa shape index (κ2) is 14.2. The van der Waals surface area contributed by atoms with Crippen molar-refractivity contribution in [1.82, 2.24) is 14.6 Å². The number of hydrogen-bond acceptors (Lipinski definition) is 10. The third-order valence-electron chi connectivity index (χ3n) is 10.6. The van der Waals surface area contributed by atoms with Crippen LogP contribution in [0, 0.1) is 22.7 Å². The van der Waals surface area contributed by atoms with E-state index < -0.39 is 79.3 Å². The highest BCUT2D eigenvalue weighted by molar-refractivity contribution is 7.90. The first-order chi connectivity index (χ1) is 23.8. The Labute approximate surface area is 300 Å². The van der Waals surface area contributed by atoms with Crippen molar-refractivity contribution in [3.8, 4) is 11.6 Å². The quantitative estimate of drug-likeness (QED) is 0.193. The number of rotatable bonds is 15. The van der Waals surface area contributed by atoms with Crippen molar-refractivity contribution in [2.45, 2.75) is 109 Å². The van der Waals surface area contributed by atoms with Gasteiger partial charge in [-0.2, -0.15) is 0 Å². The summed E-state index contributed by atoms with van der Waals surface area (Å²) in [5.74, 6) is -2.27.